The van der Waals surface area contributed by atoms with E-state index >= 15 is 0 Å². The zero-order valence-electron chi connectivity index (χ0n) is 25.6. The zero-order valence-corrected chi connectivity index (χ0v) is 25.6. The highest BCUT2D eigenvalue weighted by atomic mass is 16.6. The Labute approximate surface area is 258 Å². The second-order valence-corrected chi connectivity index (χ2v) is 11.9. The van der Waals surface area contributed by atoms with E-state index in [1.807, 2.05) is 75.4 Å². The van der Waals surface area contributed by atoms with Crippen LogP contribution in [0.2, 0.25) is 0 Å². The molecule has 4 aromatic carbocycles. The number of hydrogen-bond acceptors (Lipinski definition) is 6. The lowest BCUT2D eigenvalue weighted by Crippen LogP contribution is -2.44. The molecule has 0 atom stereocenters. The summed E-state index contributed by atoms with van der Waals surface area (Å²) in [4.78, 5) is 29.7. The number of hydrogen-bond donors (Lipinski definition) is 0. The fourth-order valence-corrected chi connectivity index (χ4v) is 5.20. The smallest absolute Gasteiger partial charge is 0.410 e. The molecular weight excluding hydrogens is 554 g/mol. The van der Waals surface area contributed by atoms with E-state index in [1.165, 1.54) is 0 Å². The van der Waals surface area contributed by atoms with Crippen LogP contribution in [0.4, 0.5) is 10.5 Å². The predicted octanol–water partition coefficient (Wildman–Crippen LogP) is 7.35. The maximum Gasteiger partial charge on any atom is 0.410 e. The van der Waals surface area contributed by atoms with Crippen LogP contribution in [0.25, 0.3) is 10.8 Å². The Morgan fingerprint density at radius 3 is 2.18 bits per heavy atom. The first-order valence-electron chi connectivity index (χ1n) is 14.8. The number of amides is 2. The molecule has 1 saturated heterocycles. The summed E-state index contributed by atoms with van der Waals surface area (Å²) in [5.41, 5.74) is 2.27. The summed E-state index contributed by atoms with van der Waals surface area (Å²) < 4.78 is 17.0. The van der Waals surface area contributed by atoms with Gasteiger partial charge in [-0.2, -0.15) is 5.26 Å². The van der Waals surface area contributed by atoms with Crippen molar-refractivity contribution in [2.24, 2.45) is 0 Å². The van der Waals surface area contributed by atoms with Gasteiger partial charge in [-0.25, -0.2) is 4.79 Å². The van der Waals surface area contributed by atoms with E-state index in [1.54, 1.807) is 47.2 Å². The molecule has 8 nitrogen and oxygen atoms in total. The number of anilines is 1. The fraction of sp³-hybridized carbons (Fsp3) is 0.306. The Morgan fingerprint density at radius 2 is 1.55 bits per heavy atom. The van der Waals surface area contributed by atoms with E-state index in [0.717, 1.165) is 22.0 Å². The molecule has 226 valence electrons. The van der Waals surface area contributed by atoms with Gasteiger partial charge in [-0.15, -0.1) is 0 Å². The maximum absolute atomic E-state index is 13.9. The number of fused-ring (bicyclic) bond motifs is 1. The Hall–Kier alpha value is -5.03. The van der Waals surface area contributed by atoms with Gasteiger partial charge in [0, 0.05) is 37.2 Å². The molecule has 8 heteroatoms. The molecule has 2 amide bonds. The molecule has 0 unspecified atom stereocenters. The average molecular weight is 592 g/mol. The third kappa shape index (κ3) is 7.48. The van der Waals surface area contributed by atoms with Gasteiger partial charge in [0.15, 0.2) is 0 Å². The van der Waals surface area contributed by atoms with Crippen LogP contribution in [0.3, 0.4) is 0 Å². The molecule has 0 bridgehead atoms. The largest absolute Gasteiger partial charge is 0.497 e. The van der Waals surface area contributed by atoms with E-state index in [-0.39, 0.29) is 18.1 Å². The molecule has 0 aromatic heterocycles. The van der Waals surface area contributed by atoms with Crippen LogP contribution in [-0.2, 0) is 11.3 Å². The van der Waals surface area contributed by atoms with Gasteiger partial charge in [-0.05, 0) is 104 Å². The Balaban J connectivity index is 1.32. The summed E-state index contributed by atoms with van der Waals surface area (Å²) >= 11 is 0. The number of ether oxygens (including phenoxy) is 3. The topological polar surface area (TPSA) is 92.1 Å². The van der Waals surface area contributed by atoms with Crippen LogP contribution in [-0.4, -0.2) is 48.8 Å². The minimum absolute atomic E-state index is 0.0209. The van der Waals surface area contributed by atoms with Crippen molar-refractivity contribution in [3.8, 4) is 17.6 Å². The number of methoxy groups -OCH3 is 1. The second kappa shape index (κ2) is 13.1. The first kappa shape index (κ1) is 30.4. The molecule has 0 spiro atoms. The normalized spacial score (nSPS) is 13.7. The molecule has 0 radical (unpaired) electrons. The minimum Gasteiger partial charge on any atom is -0.497 e. The third-order valence-electron chi connectivity index (χ3n) is 7.50. The van der Waals surface area contributed by atoms with E-state index < -0.39 is 5.60 Å². The standard InChI is InChI=1S/C36H37N3O5/c1-36(2,3)44-35(41)38-19-17-33(18-20-38)43-32-15-11-30(12-16-32)39(34(40)28-9-13-31(42-4)14-10-28)24-26-6-8-27-7-5-25(23-37)21-29(27)22-26/h5-16,21-22,33H,17-20,24H2,1-4H3. The molecule has 5 rings (SSSR count). The van der Waals surface area contributed by atoms with Crippen molar-refractivity contribution in [1.82, 2.24) is 4.90 Å². The number of carbonyl (C=O) groups is 2. The number of rotatable bonds is 7. The highest BCUT2D eigenvalue weighted by Gasteiger charge is 2.28. The van der Waals surface area contributed by atoms with Crippen molar-refractivity contribution in [3.63, 3.8) is 0 Å². The van der Waals surface area contributed by atoms with Crippen molar-refractivity contribution in [3.05, 3.63) is 102 Å². The first-order chi connectivity index (χ1) is 21.1. The summed E-state index contributed by atoms with van der Waals surface area (Å²) in [5, 5.41) is 11.3. The number of piperidine rings is 1. The van der Waals surface area contributed by atoms with Gasteiger partial charge in [0.25, 0.3) is 5.91 Å². The van der Waals surface area contributed by atoms with Gasteiger partial charge < -0.3 is 24.0 Å². The molecule has 1 aliphatic rings. The van der Waals surface area contributed by atoms with Crippen molar-refractivity contribution in [2.75, 3.05) is 25.1 Å². The zero-order chi connectivity index (χ0) is 31.3. The molecule has 0 saturated carbocycles. The molecule has 44 heavy (non-hydrogen) atoms. The average Bonchev–Trinajstić information content (AvgIpc) is 3.03. The summed E-state index contributed by atoms with van der Waals surface area (Å²) in [6.07, 6.45) is 1.10. The lowest BCUT2D eigenvalue weighted by atomic mass is 10.0. The van der Waals surface area contributed by atoms with Crippen LogP contribution in [0.15, 0.2) is 84.9 Å². The Kier molecular flexibility index (Phi) is 9.05. The van der Waals surface area contributed by atoms with Crippen molar-refractivity contribution >= 4 is 28.5 Å². The highest BCUT2D eigenvalue weighted by molar-refractivity contribution is 6.06. The van der Waals surface area contributed by atoms with Crippen LogP contribution in [0, 0.1) is 11.3 Å². The van der Waals surface area contributed by atoms with Crippen molar-refractivity contribution < 1.29 is 23.8 Å². The van der Waals surface area contributed by atoms with Crippen LogP contribution >= 0.6 is 0 Å². The van der Waals surface area contributed by atoms with Crippen LogP contribution < -0.4 is 14.4 Å². The number of carbonyl (C=O) groups excluding carboxylic acids is 2. The number of benzene rings is 4. The molecule has 4 aromatic rings. The quantitative estimate of drug-likeness (QED) is 0.223. The van der Waals surface area contributed by atoms with E-state index in [4.69, 9.17) is 14.2 Å². The highest BCUT2D eigenvalue weighted by Crippen LogP contribution is 2.28. The fourth-order valence-electron chi connectivity index (χ4n) is 5.20. The monoisotopic (exact) mass is 591 g/mol. The summed E-state index contributed by atoms with van der Waals surface area (Å²) in [6.45, 7) is 7.07. The van der Waals surface area contributed by atoms with E-state index in [2.05, 4.69) is 6.07 Å². The second-order valence-electron chi connectivity index (χ2n) is 11.9. The third-order valence-corrected chi connectivity index (χ3v) is 7.50. The SMILES string of the molecule is COc1ccc(C(=O)N(Cc2ccc3ccc(C#N)cc3c2)c2ccc(OC3CCN(C(=O)OC(C)(C)C)CC3)cc2)cc1. The predicted molar refractivity (Wildman–Crippen MR) is 170 cm³/mol. The minimum atomic E-state index is -0.524. The summed E-state index contributed by atoms with van der Waals surface area (Å²) in [7, 11) is 1.59. The van der Waals surface area contributed by atoms with Crippen LogP contribution in [0.1, 0.15) is 55.1 Å². The molecule has 1 heterocycles. The lowest BCUT2D eigenvalue weighted by molar-refractivity contribution is 0.0126. The van der Waals surface area contributed by atoms with E-state index in [0.29, 0.717) is 55.1 Å². The van der Waals surface area contributed by atoms with Gasteiger partial charge in [0.1, 0.15) is 23.2 Å². The van der Waals surface area contributed by atoms with Crippen molar-refractivity contribution in [2.45, 2.75) is 51.9 Å². The molecule has 1 fully saturated rings. The van der Waals surface area contributed by atoms with E-state index in [9.17, 15) is 14.9 Å². The number of likely N-dealkylation sites (tertiary alicyclic amines) is 1. The van der Waals surface area contributed by atoms with Gasteiger partial charge in [-0.1, -0.05) is 18.2 Å². The van der Waals surface area contributed by atoms with Gasteiger partial charge in [-0.3, -0.25) is 4.79 Å². The lowest BCUT2D eigenvalue weighted by Gasteiger charge is -2.33. The van der Waals surface area contributed by atoms with Gasteiger partial charge in [0.05, 0.1) is 25.3 Å². The van der Waals surface area contributed by atoms with Crippen molar-refractivity contribution in [1.29, 1.82) is 5.26 Å². The summed E-state index contributed by atoms with van der Waals surface area (Å²) in [6, 6.07) is 28.4. The maximum atomic E-state index is 13.9. The summed E-state index contributed by atoms with van der Waals surface area (Å²) in [5.74, 6) is 1.23. The molecule has 0 N–H and O–H groups in total. The number of nitrogens with zero attached hydrogens (tertiary/aromatic N) is 3. The Bertz CT molecular complexity index is 1660. The first-order valence-corrected chi connectivity index (χ1v) is 14.8. The molecule has 0 aliphatic carbocycles. The molecular formula is C36H37N3O5. The van der Waals surface area contributed by atoms with Gasteiger partial charge >= 0.3 is 6.09 Å². The molecule has 1 aliphatic heterocycles. The van der Waals surface area contributed by atoms with Crippen LogP contribution in [0.5, 0.6) is 11.5 Å². The Morgan fingerprint density at radius 1 is 0.886 bits per heavy atom. The van der Waals surface area contributed by atoms with Gasteiger partial charge in [0.2, 0.25) is 0 Å². The number of nitriles is 1.